The summed E-state index contributed by atoms with van der Waals surface area (Å²) in [7, 11) is -4.05. The molecule has 5 aromatic carbocycles. The molecule has 6 rings (SSSR count). The molecule has 246 valence electrons. The van der Waals surface area contributed by atoms with Gasteiger partial charge >= 0.3 is 5.97 Å². The predicted molar refractivity (Wildman–Crippen MR) is 182 cm³/mol. The topological polar surface area (TPSA) is 164 Å². The number of hydrogen-bond acceptors (Lipinski definition) is 7. The van der Waals surface area contributed by atoms with Crippen LogP contribution in [0.2, 0.25) is 0 Å². The standard InChI is InChI=1S/C38H35NO8S/c1-20-4-6-33(7-5-20)48(46,47)39-32-18-29-14-26-11-22(3)9-24(35(26)41)12-23-8-21(2)10-25(34(23)40)13-27-16-31(38(44)45)17-28(36(27)42)15-30(19-32)37(29)43/h4-11,16-19,39-43H,12-15H2,1-3H3,(H,44,45). The van der Waals surface area contributed by atoms with Crippen molar-refractivity contribution in [3.05, 3.63) is 140 Å². The van der Waals surface area contributed by atoms with Gasteiger partial charge in [0.2, 0.25) is 0 Å². The number of phenolic OH excluding ortho intramolecular Hbond substituents is 4. The lowest BCUT2D eigenvalue weighted by molar-refractivity contribution is 0.0696. The van der Waals surface area contributed by atoms with Crippen LogP contribution < -0.4 is 4.72 Å². The number of aromatic carboxylic acids is 1. The average molecular weight is 666 g/mol. The summed E-state index contributed by atoms with van der Waals surface area (Å²) in [5.41, 5.74) is 5.56. The molecule has 10 heteroatoms. The molecule has 0 amide bonds. The molecule has 0 saturated carbocycles. The second-order valence-corrected chi connectivity index (χ2v) is 14.3. The van der Waals surface area contributed by atoms with Crippen LogP contribution in [0.4, 0.5) is 5.69 Å². The smallest absolute Gasteiger partial charge is 0.335 e. The number of aryl methyl sites for hydroxylation is 3. The molecule has 5 aromatic rings. The summed E-state index contributed by atoms with van der Waals surface area (Å²) < 4.78 is 29.4. The van der Waals surface area contributed by atoms with Gasteiger partial charge in [-0.25, -0.2) is 13.2 Å². The molecule has 0 saturated heterocycles. The maximum atomic E-state index is 13.4. The summed E-state index contributed by atoms with van der Waals surface area (Å²) in [6.45, 7) is 5.59. The Kier molecular flexibility index (Phi) is 8.30. The number of hydrogen-bond donors (Lipinski definition) is 6. The first kappa shape index (κ1) is 32.5. The largest absolute Gasteiger partial charge is 0.507 e. The summed E-state index contributed by atoms with van der Waals surface area (Å²) in [5, 5.41) is 55.9. The van der Waals surface area contributed by atoms with Crippen LogP contribution >= 0.6 is 0 Å². The molecular formula is C38H35NO8S. The van der Waals surface area contributed by atoms with Crippen LogP contribution in [0.3, 0.4) is 0 Å². The summed E-state index contributed by atoms with van der Waals surface area (Å²) in [4.78, 5) is 12.2. The molecule has 0 aliphatic heterocycles. The maximum Gasteiger partial charge on any atom is 0.335 e. The van der Waals surface area contributed by atoms with E-state index in [1.807, 2.05) is 32.9 Å². The molecule has 1 aliphatic carbocycles. The van der Waals surface area contributed by atoms with E-state index in [0.717, 1.165) is 16.7 Å². The lowest BCUT2D eigenvalue weighted by Gasteiger charge is -2.19. The second-order valence-electron chi connectivity index (χ2n) is 12.6. The van der Waals surface area contributed by atoms with Crippen LogP contribution in [0, 0.1) is 20.8 Å². The number of carboxylic acid groups (broad SMARTS) is 1. The molecule has 0 spiro atoms. The Balaban J connectivity index is 1.58. The van der Waals surface area contributed by atoms with E-state index in [4.69, 9.17) is 0 Å². The highest BCUT2D eigenvalue weighted by atomic mass is 32.2. The number of carbonyl (C=O) groups is 1. The number of fused-ring (bicyclic) bond motifs is 8. The van der Waals surface area contributed by atoms with E-state index < -0.39 is 16.0 Å². The third kappa shape index (κ3) is 6.39. The summed E-state index contributed by atoms with van der Waals surface area (Å²) in [6, 6.07) is 19.1. The Morgan fingerprint density at radius 1 is 0.542 bits per heavy atom. The van der Waals surface area contributed by atoms with Gasteiger partial charge in [0.05, 0.1) is 10.5 Å². The van der Waals surface area contributed by atoms with Crippen molar-refractivity contribution in [2.45, 2.75) is 51.3 Å². The Labute approximate surface area is 278 Å². The minimum absolute atomic E-state index is 0.000856. The van der Waals surface area contributed by atoms with Crippen LogP contribution in [0.15, 0.2) is 77.7 Å². The zero-order valence-electron chi connectivity index (χ0n) is 26.6. The Bertz CT molecular complexity index is 2220. The van der Waals surface area contributed by atoms with Crippen LogP contribution in [-0.4, -0.2) is 39.9 Å². The first-order valence-electron chi connectivity index (χ1n) is 15.3. The highest BCUT2D eigenvalue weighted by molar-refractivity contribution is 7.92. The van der Waals surface area contributed by atoms with Gasteiger partial charge in [-0.3, -0.25) is 4.72 Å². The van der Waals surface area contributed by atoms with Gasteiger partial charge in [-0.2, -0.15) is 0 Å². The maximum absolute atomic E-state index is 13.4. The fourth-order valence-corrected chi connectivity index (χ4v) is 7.44. The zero-order valence-corrected chi connectivity index (χ0v) is 27.4. The number of anilines is 1. The highest BCUT2D eigenvalue weighted by Crippen LogP contribution is 2.40. The fraction of sp³-hybridized carbons (Fsp3) is 0.184. The number of carboxylic acids is 1. The first-order chi connectivity index (χ1) is 22.7. The Hall–Kier alpha value is -5.48. The minimum atomic E-state index is -4.05. The zero-order chi connectivity index (χ0) is 34.5. The number of sulfonamides is 1. The molecular weight excluding hydrogens is 630 g/mol. The lowest BCUT2D eigenvalue weighted by Crippen LogP contribution is -2.13. The minimum Gasteiger partial charge on any atom is -0.507 e. The second kappa shape index (κ2) is 12.3. The number of rotatable bonds is 4. The number of phenols is 4. The van der Waals surface area contributed by atoms with E-state index in [1.54, 1.807) is 24.3 Å². The lowest BCUT2D eigenvalue weighted by atomic mass is 9.89. The van der Waals surface area contributed by atoms with Gasteiger partial charge in [0.25, 0.3) is 10.0 Å². The van der Waals surface area contributed by atoms with E-state index in [9.17, 15) is 38.7 Å². The first-order valence-corrected chi connectivity index (χ1v) is 16.8. The molecule has 0 fully saturated rings. The normalized spacial score (nSPS) is 12.8. The Morgan fingerprint density at radius 2 is 0.875 bits per heavy atom. The van der Waals surface area contributed by atoms with Gasteiger partial charge in [0, 0.05) is 42.5 Å². The van der Waals surface area contributed by atoms with Crippen molar-refractivity contribution in [3.8, 4) is 23.0 Å². The van der Waals surface area contributed by atoms with Crippen LogP contribution in [0.25, 0.3) is 0 Å². The van der Waals surface area contributed by atoms with Gasteiger partial charge in [-0.05, 0) is 90.6 Å². The molecule has 48 heavy (non-hydrogen) atoms. The van der Waals surface area contributed by atoms with E-state index >= 15 is 0 Å². The predicted octanol–water partition coefficient (Wildman–Crippen LogP) is 6.61. The molecule has 0 atom stereocenters. The number of aromatic hydroxyl groups is 4. The van der Waals surface area contributed by atoms with Crippen molar-refractivity contribution in [1.29, 1.82) is 0 Å². The number of nitrogens with one attached hydrogen (secondary N) is 1. The van der Waals surface area contributed by atoms with Crippen LogP contribution in [0.1, 0.15) is 71.6 Å². The van der Waals surface area contributed by atoms with Crippen molar-refractivity contribution in [3.63, 3.8) is 0 Å². The van der Waals surface area contributed by atoms with Crippen LogP contribution in [0.5, 0.6) is 23.0 Å². The third-order valence-electron chi connectivity index (χ3n) is 8.71. The molecule has 6 N–H and O–H groups in total. The van der Waals surface area contributed by atoms with Gasteiger partial charge in [0.15, 0.2) is 0 Å². The van der Waals surface area contributed by atoms with Crippen molar-refractivity contribution in [1.82, 2.24) is 0 Å². The molecule has 0 aromatic heterocycles. The van der Waals surface area contributed by atoms with Crippen molar-refractivity contribution >= 4 is 21.7 Å². The summed E-state index contributed by atoms with van der Waals surface area (Å²) in [5.74, 6) is -1.67. The third-order valence-corrected chi connectivity index (χ3v) is 10.1. The molecule has 1 aliphatic rings. The van der Waals surface area contributed by atoms with E-state index in [1.165, 1.54) is 36.4 Å². The molecule has 9 nitrogen and oxygen atoms in total. The van der Waals surface area contributed by atoms with E-state index in [-0.39, 0.29) is 81.5 Å². The van der Waals surface area contributed by atoms with Crippen molar-refractivity contribution < 1.29 is 38.7 Å². The SMILES string of the molecule is Cc1ccc(S(=O)(=O)Nc2cc3c(O)c(c2)Cc2cc(C(=O)O)cc(c2O)Cc2cc(C)cc(c2O)Cc2cc(C)cc(c2O)C3)cc1. The molecule has 0 radical (unpaired) electrons. The molecule has 0 heterocycles. The quantitative estimate of drug-likeness (QED) is 0.115. The summed E-state index contributed by atoms with van der Waals surface area (Å²) >= 11 is 0. The Morgan fingerprint density at radius 3 is 1.23 bits per heavy atom. The fourth-order valence-electron chi connectivity index (χ4n) is 6.40. The average Bonchev–Trinajstić information content (AvgIpc) is 3.01. The van der Waals surface area contributed by atoms with Gasteiger partial charge < -0.3 is 25.5 Å². The molecule has 8 bridgehead atoms. The van der Waals surface area contributed by atoms with Gasteiger partial charge in [0.1, 0.15) is 23.0 Å². The monoisotopic (exact) mass is 665 g/mol. The van der Waals surface area contributed by atoms with Crippen molar-refractivity contribution in [2.24, 2.45) is 0 Å². The van der Waals surface area contributed by atoms with Crippen LogP contribution in [-0.2, 0) is 35.7 Å². The summed E-state index contributed by atoms with van der Waals surface area (Å²) in [6.07, 6.45) is 0.0199. The number of benzene rings is 5. The van der Waals surface area contributed by atoms with Crippen molar-refractivity contribution in [2.75, 3.05) is 4.72 Å². The van der Waals surface area contributed by atoms with Gasteiger partial charge in [-0.1, -0.05) is 53.1 Å². The molecule has 0 unspecified atom stereocenters. The van der Waals surface area contributed by atoms with E-state index in [2.05, 4.69) is 4.72 Å². The van der Waals surface area contributed by atoms with Gasteiger partial charge in [-0.15, -0.1) is 0 Å². The highest BCUT2D eigenvalue weighted by Gasteiger charge is 2.23. The van der Waals surface area contributed by atoms with E-state index in [0.29, 0.717) is 27.8 Å².